The van der Waals surface area contributed by atoms with Gasteiger partial charge >= 0.3 is 0 Å². The second-order valence-electron chi connectivity index (χ2n) is 11.9. The maximum atomic E-state index is 6.46. The molecule has 0 fully saturated rings. The summed E-state index contributed by atoms with van der Waals surface area (Å²) in [6.45, 7) is 6.73. The molecule has 0 unspecified atom stereocenters. The highest BCUT2D eigenvalue weighted by molar-refractivity contribution is 6.09. The molecule has 4 aromatic carbocycles. The molecule has 0 aliphatic rings. The first-order valence-corrected chi connectivity index (χ1v) is 15.4. The predicted octanol–water partition coefficient (Wildman–Crippen LogP) is 9.73. The number of methoxy groups -OCH3 is 1. The van der Waals surface area contributed by atoms with E-state index >= 15 is 0 Å². The maximum absolute atomic E-state index is 6.46. The van der Waals surface area contributed by atoms with E-state index in [1.165, 1.54) is 16.7 Å². The molecule has 0 atom stereocenters. The minimum atomic E-state index is 0.659. The number of hydrogen-bond donors (Lipinski definition) is 0. The van der Waals surface area contributed by atoms with Crippen LogP contribution in [0, 0.1) is 12.8 Å². The number of para-hydroxylation sites is 1. The average Bonchev–Trinajstić information content (AvgIpc) is 3.67. The zero-order valence-electron chi connectivity index (χ0n) is 26.1. The Morgan fingerprint density at radius 3 is 2.47 bits per heavy atom. The zero-order valence-corrected chi connectivity index (χ0v) is 26.1. The van der Waals surface area contributed by atoms with Gasteiger partial charge in [-0.25, -0.2) is 9.67 Å². The van der Waals surface area contributed by atoms with Crippen molar-refractivity contribution in [3.63, 3.8) is 0 Å². The third-order valence-corrected chi connectivity index (χ3v) is 8.37. The zero-order chi connectivity index (χ0) is 30.9. The van der Waals surface area contributed by atoms with E-state index in [2.05, 4.69) is 91.1 Å². The molecule has 3 aromatic heterocycles. The van der Waals surface area contributed by atoms with E-state index < -0.39 is 0 Å². The van der Waals surface area contributed by atoms with Crippen LogP contribution in [-0.4, -0.2) is 26.4 Å². The second kappa shape index (κ2) is 12.0. The summed E-state index contributed by atoms with van der Waals surface area (Å²) in [6.07, 6.45) is 8.07. The fourth-order valence-corrected chi connectivity index (χ4v) is 6.12. The van der Waals surface area contributed by atoms with Gasteiger partial charge in [-0.3, -0.25) is 4.57 Å². The number of nitrogens with zero attached hydrogens (tertiary/aromatic N) is 4. The summed E-state index contributed by atoms with van der Waals surface area (Å²) in [5.74, 6) is 3.68. The molecule has 0 radical (unpaired) electrons. The Kier molecular flexibility index (Phi) is 7.55. The molecule has 7 rings (SSSR count). The van der Waals surface area contributed by atoms with Crippen LogP contribution >= 0.6 is 0 Å². The third-order valence-electron chi connectivity index (χ3n) is 8.37. The quantitative estimate of drug-likeness (QED) is 0.167. The van der Waals surface area contributed by atoms with E-state index in [-0.39, 0.29) is 0 Å². The number of aryl methyl sites for hydroxylation is 2. The van der Waals surface area contributed by atoms with E-state index in [0.717, 1.165) is 69.0 Å². The highest BCUT2D eigenvalue weighted by atomic mass is 16.5. The Balaban J connectivity index is 1.22. The topological polar surface area (TPSA) is 54.1 Å². The summed E-state index contributed by atoms with van der Waals surface area (Å²) in [4.78, 5) is 4.67. The van der Waals surface area contributed by atoms with Gasteiger partial charge in [-0.05, 0) is 78.8 Å². The minimum Gasteiger partial charge on any atom is -0.497 e. The second-order valence-corrected chi connectivity index (χ2v) is 11.9. The van der Waals surface area contributed by atoms with Crippen molar-refractivity contribution < 1.29 is 9.47 Å². The van der Waals surface area contributed by atoms with Crippen LogP contribution in [0.3, 0.4) is 0 Å². The van der Waals surface area contributed by atoms with Gasteiger partial charge in [0.05, 0.1) is 30.0 Å². The highest BCUT2D eigenvalue weighted by Gasteiger charge is 2.16. The lowest BCUT2D eigenvalue weighted by Gasteiger charge is -2.12. The molecule has 0 aliphatic carbocycles. The van der Waals surface area contributed by atoms with Crippen molar-refractivity contribution in [2.75, 3.05) is 7.11 Å². The van der Waals surface area contributed by atoms with Gasteiger partial charge in [0.2, 0.25) is 0 Å². The van der Waals surface area contributed by atoms with Crippen LogP contribution in [0.25, 0.3) is 44.4 Å². The summed E-state index contributed by atoms with van der Waals surface area (Å²) in [5, 5.41) is 7.04. The molecule has 0 spiro atoms. The van der Waals surface area contributed by atoms with Gasteiger partial charge in [0.15, 0.2) is 0 Å². The lowest BCUT2D eigenvalue weighted by Crippen LogP contribution is -1.98. The van der Waals surface area contributed by atoms with E-state index in [1.54, 1.807) is 13.3 Å². The van der Waals surface area contributed by atoms with E-state index in [4.69, 9.17) is 14.6 Å². The smallest absolute Gasteiger partial charge is 0.141 e. The predicted molar refractivity (Wildman–Crippen MR) is 182 cm³/mol. The average molecular weight is 593 g/mol. The molecule has 7 aromatic rings. The molecule has 45 heavy (non-hydrogen) atoms. The number of fused-ring (bicyclic) bond motifs is 3. The van der Waals surface area contributed by atoms with Crippen LogP contribution in [0.4, 0.5) is 0 Å². The lowest BCUT2D eigenvalue weighted by molar-refractivity contribution is 0.414. The summed E-state index contributed by atoms with van der Waals surface area (Å²) in [5.41, 5.74) is 8.07. The Hall–Kier alpha value is -5.36. The summed E-state index contributed by atoms with van der Waals surface area (Å²) in [6, 6.07) is 33.0. The number of aromatic nitrogens is 4. The highest BCUT2D eigenvalue weighted by Crippen LogP contribution is 2.36. The number of benzene rings is 4. The van der Waals surface area contributed by atoms with Crippen molar-refractivity contribution >= 4 is 21.8 Å². The van der Waals surface area contributed by atoms with Crippen LogP contribution in [0.1, 0.15) is 31.4 Å². The molecular formula is C39H36N4O2. The van der Waals surface area contributed by atoms with Gasteiger partial charge < -0.3 is 9.47 Å². The van der Waals surface area contributed by atoms with Crippen LogP contribution < -0.4 is 9.47 Å². The molecule has 224 valence electrons. The summed E-state index contributed by atoms with van der Waals surface area (Å²) < 4.78 is 16.0. The van der Waals surface area contributed by atoms with Gasteiger partial charge in [-0.2, -0.15) is 5.10 Å². The van der Waals surface area contributed by atoms with Crippen LogP contribution in [0.2, 0.25) is 0 Å². The molecule has 0 saturated heterocycles. The van der Waals surface area contributed by atoms with Crippen molar-refractivity contribution in [2.45, 2.75) is 33.6 Å². The van der Waals surface area contributed by atoms with Crippen molar-refractivity contribution in [1.82, 2.24) is 19.3 Å². The monoisotopic (exact) mass is 592 g/mol. The first-order chi connectivity index (χ1) is 22.0. The Labute approximate surface area is 263 Å². The van der Waals surface area contributed by atoms with Crippen molar-refractivity contribution in [3.8, 4) is 39.9 Å². The van der Waals surface area contributed by atoms with Crippen LogP contribution in [0.5, 0.6) is 17.2 Å². The minimum absolute atomic E-state index is 0.659. The first kappa shape index (κ1) is 28.4. The molecule has 0 aliphatic heterocycles. The third kappa shape index (κ3) is 5.55. The maximum Gasteiger partial charge on any atom is 0.141 e. The molecule has 6 heteroatoms. The van der Waals surface area contributed by atoms with Gasteiger partial charge in [-0.1, -0.05) is 56.3 Å². The summed E-state index contributed by atoms with van der Waals surface area (Å²) >= 11 is 0. The van der Waals surface area contributed by atoms with Crippen molar-refractivity contribution in [2.24, 2.45) is 5.92 Å². The normalized spacial score (nSPS) is 11.5. The molecule has 0 saturated carbocycles. The van der Waals surface area contributed by atoms with Gasteiger partial charge in [0, 0.05) is 46.9 Å². The Morgan fingerprint density at radius 2 is 1.60 bits per heavy atom. The van der Waals surface area contributed by atoms with E-state index in [9.17, 15) is 0 Å². The van der Waals surface area contributed by atoms with Crippen LogP contribution in [0.15, 0.2) is 116 Å². The van der Waals surface area contributed by atoms with Gasteiger partial charge in [0.25, 0.3) is 0 Å². The molecule has 0 amide bonds. The molecule has 0 N–H and O–H groups in total. The van der Waals surface area contributed by atoms with Crippen molar-refractivity contribution in [3.05, 3.63) is 127 Å². The molecular weight excluding hydrogens is 556 g/mol. The fourth-order valence-electron chi connectivity index (χ4n) is 6.12. The number of ether oxygens (including phenoxy) is 2. The van der Waals surface area contributed by atoms with Crippen molar-refractivity contribution in [1.29, 1.82) is 0 Å². The van der Waals surface area contributed by atoms with Gasteiger partial charge in [0.1, 0.15) is 23.1 Å². The Morgan fingerprint density at radius 1 is 0.778 bits per heavy atom. The SMILES string of the molecule is COc1ccnc(-n2c3ccccc3c3ccc(Oc4cccc(-n5cc(-c6c(C)cccc6CCC(C)C)cn5)c4)cc32)c1. The summed E-state index contributed by atoms with van der Waals surface area (Å²) in [7, 11) is 1.67. The molecule has 3 heterocycles. The fraction of sp³-hybridized carbons (Fsp3) is 0.179. The van der Waals surface area contributed by atoms with Crippen LogP contribution in [-0.2, 0) is 6.42 Å². The largest absolute Gasteiger partial charge is 0.497 e. The molecule has 0 bridgehead atoms. The van der Waals surface area contributed by atoms with E-state index in [1.807, 2.05) is 53.3 Å². The standard InChI is InChI=1S/C39H36N4O2/c1-26(2)15-16-28-10-7-9-27(3)39(28)29-24-41-42(25-29)30-11-8-12-32(21-30)45-33-17-18-35-34-13-5-6-14-36(34)43(37(35)22-33)38-23-31(44-4)19-20-40-38/h5-14,17-26H,15-16H2,1-4H3. The molecule has 6 nitrogen and oxygen atoms in total. The Bertz CT molecular complexity index is 2140. The number of rotatable bonds is 9. The number of hydrogen-bond acceptors (Lipinski definition) is 4. The number of pyridine rings is 1. The first-order valence-electron chi connectivity index (χ1n) is 15.4. The lowest BCUT2D eigenvalue weighted by atomic mass is 9.92. The van der Waals surface area contributed by atoms with E-state index in [0.29, 0.717) is 5.92 Å². The van der Waals surface area contributed by atoms with Gasteiger partial charge in [-0.15, -0.1) is 0 Å².